The molecule has 2 atom stereocenters. The van der Waals surface area contributed by atoms with E-state index in [1.807, 2.05) is 0 Å². The van der Waals surface area contributed by atoms with Gasteiger partial charge >= 0.3 is 0 Å². The van der Waals surface area contributed by atoms with Crippen molar-refractivity contribution in [3.05, 3.63) is 0 Å². The van der Waals surface area contributed by atoms with Crippen molar-refractivity contribution in [2.45, 2.75) is 97.1 Å². The van der Waals surface area contributed by atoms with Gasteiger partial charge in [-0.3, -0.25) is 0 Å². The van der Waals surface area contributed by atoms with E-state index in [1.54, 1.807) is 0 Å². The van der Waals surface area contributed by atoms with Gasteiger partial charge in [0.2, 0.25) is 0 Å². The molecule has 1 saturated carbocycles. The maximum absolute atomic E-state index is 3.83. The molecule has 1 rings (SSSR count). The molecule has 1 N–H and O–H groups in total. The fraction of sp³-hybridized carbons (Fsp3) is 1.00. The van der Waals surface area contributed by atoms with Crippen LogP contribution in [0.5, 0.6) is 0 Å². The first kappa shape index (κ1) is 15.0. The molecule has 0 spiro atoms. The van der Waals surface area contributed by atoms with Crippen LogP contribution in [0, 0.1) is 5.92 Å². The molecule has 0 aromatic rings. The first-order chi connectivity index (χ1) is 8.24. The molecule has 0 radical (unpaired) electrons. The maximum Gasteiger partial charge on any atom is 0.00694 e. The van der Waals surface area contributed by atoms with Crippen LogP contribution in [0.2, 0.25) is 0 Å². The molecule has 1 nitrogen and oxygen atoms in total. The molecule has 102 valence electrons. The topological polar surface area (TPSA) is 12.0 Å². The molecule has 0 aromatic heterocycles. The van der Waals surface area contributed by atoms with Gasteiger partial charge in [0.15, 0.2) is 0 Å². The summed E-state index contributed by atoms with van der Waals surface area (Å²) in [7, 11) is 0. The Hall–Kier alpha value is -0.0400. The third-order valence-corrected chi connectivity index (χ3v) is 4.40. The lowest BCUT2D eigenvalue weighted by molar-refractivity contribution is 0.263. The van der Waals surface area contributed by atoms with Crippen molar-refractivity contribution in [1.82, 2.24) is 5.32 Å². The van der Waals surface area contributed by atoms with Crippen LogP contribution in [-0.4, -0.2) is 12.1 Å². The summed E-state index contributed by atoms with van der Waals surface area (Å²) in [5.74, 6) is 0.946. The Kier molecular flexibility index (Phi) is 7.92. The molecule has 1 aliphatic carbocycles. The zero-order valence-corrected chi connectivity index (χ0v) is 12.3. The molecule has 17 heavy (non-hydrogen) atoms. The third kappa shape index (κ3) is 6.45. The summed E-state index contributed by atoms with van der Waals surface area (Å²) >= 11 is 0. The van der Waals surface area contributed by atoms with E-state index >= 15 is 0 Å². The second kappa shape index (κ2) is 8.97. The highest BCUT2D eigenvalue weighted by Crippen LogP contribution is 2.26. The van der Waals surface area contributed by atoms with Crippen molar-refractivity contribution >= 4 is 0 Å². The Morgan fingerprint density at radius 2 is 1.71 bits per heavy atom. The largest absolute Gasteiger partial charge is 0.312 e. The van der Waals surface area contributed by atoms with E-state index in [2.05, 4.69) is 26.1 Å². The lowest BCUT2D eigenvalue weighted by atomic mass is 9.84. The molecule has 0 aliphatic heterocycles. The molecular weight excluding hydrogens is 206 g/mol. The number of rotatable bonds is 8. The van der Waals surface area contributed by atoms with Gasteiger partial charge in [0.05, 0.1) is 0 Å². The van der Waals surface area contributed by atoms with Gasteiger partial charge in [-0.2, -0.15) is 0 Å². The summed E-state index contributed by atoms with van der Waals surface area (Å²) in [5.41, 5.74) is 0. The second-order valence-electron chi connectivity index (χ2n) is 6.10. The quantitative estimate of drug-likeness (QED) is 0.594. The maximum atomic E-state index is 3.83. The fourth-order valence-corrected chi connectivity index (χ4v) is 3.18. The Morgan fingerprint density at radius 3 is 2.35 bits per heavy atom. The van der Waals surface area contributed by atoms with Crippen LogP contribution in [-0.2, 0) is 0 Å². The SMILES string of the molecule is CCCCCCC(C)NC(C)C1CCCCC1. The van der Waals surface area contributed by atoms with E-state index < -0.39 is 0 Å². The van der Waals surface area contributed by atoms with Gasteiger partial charge in [-0.15, -0.1) is 0 Å². The summed E-state index contributed by atoms with van der Waals surface area (Å²) in [6.07, 6.45) is 14.2. The van der Waals surface area contributed by atoms with Crippen LogP contribution in [0.4, 0.5) is 0 Å². The Labute approximate surface area is 109 Å². The zero-order chi connectivity index (χ0) is 12.5. The van der Waals surface area contributed by atoms with E-state index in [-0.39, 0.29) is 0 Å². The zero-order valence-electron chi connectivity index (χ0n) is 12.3. The molecule has 1 heteroatoms. The van der Waals surface area contributed by atoms with Crippen molar-refractivity contribution in [3.8, 4) is 0 Å². The molecular formula is C16H33N. The highest BCUT2D eigenvalue weighted by molar-refractivity contribution is 4.78. The number of hydrogen-bond donors (Lipinski definition) is 1. The van der Waals surface area contributed by atoms with Crippen LogP contribution in [0.25, 0.3) is 0 Å². The second-order valence-corrected chi connectivity index (χ2v) is 6.10. The average Bonchev–Trinajstić information content (AvgIpc) is 2.36. The summed E-state index contributed by atoms with van der Waals surface area (Å²) in [6, 6.07) is 1.44. The van der Waals surface area contributed by atoms with E-state index in [4.69, 9.17) is 0 Å². The van der Waals surface area contributed by atoms with Crippen molar-refractivity contribution in [2.75, 3.05) is 0 Å². The minimum absolute atomic E-state index is 0.712. The standard InChI is InChI=1S/C16H33N/c1-4-5-6-8-11-14(2)17-15(3)16-12-9-7-10-13-16/h14-17H,4-13H2,1-3H3. The summed E-state index contributed by atoms with van der Waals surface area (Å²) in [6.45, 7) is 7.05. The number of nitrogens with one attached hydrogen (secondary N) is 1. The third-order valence-electron chi connectivity index (χ3n) is 4.40. The van der Waals surface area contributed by atoms with E-state index in [0.717, 1.165) is 12.0 Å². The van der Waals surface area contributed by atoms with Gasteiger partial charge in [-0.1, -0.05) is 51.9 Å². The Morgan fingerprint density at radius 1 is 1.00 bits per heavy atom. The highest BCUT2D eigenvalue weighted by atomic mass is 14.9. The molecule has 2 unspecified atom stereocenters. The van der Waals surface area contributed by atoms with Crippen LogP contribution >= 0.6 is 0 Å². The molecule has 0 saturated heterocycles. The lowest BCUT2D eigenvalue weighted by Crippen LogP contribution is -2.40. The molecule has 1 aliphatic rings. The fourth-order valence-electron chi connectivity index (χ4n) is 3.18. The summed E-state index contributed by atoms with van der Waals surface area (Å²) in [5, 5.41) is 3.83. The molecule has 0 aromatic carbocycles. The Bertz CT molecular complexity index is 172. The first-order valence-electron chi connectivity index (χ1n) is 8.00. The van der Waals surface area contributed by atoms with E-state index in [9.17, 15) is 0 Å². The lowest BCUT2D eigenvalue weighted by Gasteiger charge is -2.30. The normalized spacial score (nSPS) is 21.4. The summed E-state index contributed by atoms with van der Waals surface area (Å²) < 4.78 is 0. The predicted molar refractivity (Wildman–Crippen MR) is 77.4 cm³/mol. The average molecular weight is 239 g/mol. The van der Waals surface area contributed by atoms with Gasteiger partial charge in [-0.25, -0.2) is 0 Å². The van der Waals surface area contributed by atoms with Crippen molar-refractivity contribution in [1.29, 1.82) is 0 Å². The van der Waals surface area contributed by atoms with Crippen LogP contribution < -0.4 is 5.32 Å². The van der Waals surface area contributed by atoms with E-state index in [1.165, 1.54) is 64.2 Å². The monoisotopic (exact) mass is 239 g/mol. The number of hydrogen-bond acceptors (Lipinski definition) is 1. The predicted octanol–water partition coefficient (Wildman–Crippen LogP) is 4.90. The smallest absolute Gasteiger partial charge is 0.00694 e. The minimum atomic E-state index is 0.712. The van der Waals surface area contributed by atoms with Gasteiger partial charge < -0.3 is 5.32 Å². The van der Waals surface area contributed by atoms with Crippen LogP contribution in [0.3, 0.4) is 0 Å². The van der Waals surface area contributed by atoms with Crippen molar-refractivity contribution in [3.63, 3.8) is 0 Å². The van der Waals surface area contributed by atoms with Gasteiger partial charge in [0.25, 0.3) is 0 Å². The molecule has 0 bridgehead atoms. The first-order valence-corrected chi connectivity index (χ1v) is 8.00. The summed E-state index contributed by atoms with van der Waals surface area (Å²) in [4.78, 5) is 0. The highest BCUT2D eigenvalue weighted by Gasteiger charge is 2.20. The van der Waals surface area contributed by atoms with Gasteiger partial charge in [0, 0.05) is 12.1 Å². The van der Waals surface area contributed by atoms with E-state index in [0.29, 0.717) is 6.04 Å². The van der Waals surface area contributed by atoms with Gasteiger partial charge in [-0.05, 0) is 39.0 Å². The van der Waals surface area contributed by atoms with Crippen molar-refractivity contribution < 1.29 is 0 Å². The molecule has 0 heterocycles. The molecule has 1 fully saturated rings. The minimum Gasteiger partial charge on any atom is -0.312 e. The van der Waals surface area contributed by atoms with Crippen LogP contribution in [0.1, 0.15) is 85.0 Å². The number of unbranched alkanes of at least 4 members (excludes halogenated alkanes) is 3. The van der Waals surface area contributed by atoms with Crippen molar-refractivity contribution in [2.24, 2.45) is 5.92 Å². The van der Waals surface area contributed by atoms with Crippen LogP contribution in [0.15, 0.2) is 0 Å². The molecule has 0 amide bonds. The Balaban J connectivity index is 2.09. The van der Waals surface area contributed by atoms with Gasteiger partial charge in [0.1, 0.15) is 0 Å².